The van der Waals surface area contributed by atoms with Crippen molar-refractivity contribution in [1.82, 2.24) is 4.90 Å². The predicted molar refractivity (Wildman–Crippen MR) is 121 cm³/mol. The molecule has 0 spiro atoms. The maximum Gasteiger partial charge on any atom is 0.478 e. The van der Waals surface area contributed by atoms with Crippen LogP contribution in [0.15, 0.2) is 0 Å². The number of rotatable bonds is 12. The van der Waals surface area contributed by atoms with Gasteiger partial charge < -0.3 is 19.5 Å². The highest BCUT2D eigenvalue weighted by molar-refractivity contribution is 7.48. The van der Waals surface area contributed by atoms with Crippen molar-refractivity contribution < 1.29 is 47.1 Å². The lowest BCUT2D eigenvalue weighted by Gasteiger charge is -2.30. The number of carboxylic acids is 1. The Bertz CT molecular complexity index is 683. The van der Waals surface area contributed by atoms with E-state index in [1.165, 1.54) is 0 Å². The first-order chi connectivity index (χ1) is 14.7. The number of phosphoric ester groups is 1. The fourth-order valence-electron chi connectivity index (χ4n) is 2.31. The molecule has 0 saturated carbocycles. The van der Waals surface area contributed by atoms with Crippen LogP contribution in [0, 0.1) is 0 Å². The SMILES string of the molecule is CC(C)(C)OC(=O)CCN(CCCC(=O)O)C(=O)OCOP(=O)(OC(C)(C)C)OC(C)(C)C. The van der Waals surface area contributed by atoms with Crippen LogP contribution in [0.1, 0.15) is 81.6 Å². The Balaban J connectivity index is 5.10. The standard InChI is InChI=1S/C21H40NO10P/c1-19(2,3)30-17(25)12-14-22(13-10-11-16(23)24)18(26)28-15-29-33(27,31-20(4,5)6)32-21(7,8)9/h10-15H2,1-9H3,(H,23,24). The quantitative estimate of drug-likeness (QED) is 0.229. The number of amides is 1. The molecule has 0 atom stereocenters. The highest BCUT2D eigenvalue weighted by Gasteiger charge is 2.37. The molecule has 0 aromatic rings. The highest BCUT2D eigenvalue weighted by atomic mass is 31.2. The molecule has 0 aromatic carbocycles. The van der Waals surface area contributed by atoms with Crippen molar-refractivity contribution >= 4 is 25.9 Å². The molecule has 12 heteroatoms. The van der Waals surface area contributed by atoms with E-state index >= 15 is 0 Å². The van der Waals surface area contributed by atoms with E-state index in [-0.39, 0.29) is 32.4 Å². The predicted octanol–water partition coefficient (Wildman–Crippen LogP) is 4.73. The number of carbonyl (C=O) groups is 3. The first-order valence-electron chi connectivity index (χ1n) is 10.7. The van der Waals surface area contributed by atoms with E-state index in [1.807, 2.05) is 0 Å². The van der Waals surface area contributed by atoms with Crippen molar-refractivity contribution in [3.63, 3.8) is 0 Å². The summed E-state index contributed by atoms with van der Waals surface area (Å²) in [6.45, 7) is 14.4. The summed E-state index contributed by atoms with van der Waals surface area (Å²) in [5.41, 5.74) is -2.40. The van der Waals surface area contributed by atoms with Gasteiger partial charge in [-0.05, 0) is 68.7 Å². The van der Waals surface area contributed by atoms with Gasteiger partial charge in [-0.25, -0.2) is 13.9 Å². The molecule has 1 N–H and O–H groups in total. The number of ether oxygens (including phenoxy) is 2. The molecular weight excluding hydrogens is 457 g/mol. The van der Waals surface area contributed by atoms with Gasteiger partial charge in [-0.2, -0.15) is 0 Å². The van der Waals surface area contributed by atoms with Crippen LogP contribution in [0.3, 0.4) is 0 Å². The minimum Gasteiger partial charge on any atom is -0.481 e. The fraction of sp³-hybridized carbons (Fsp3) is 0.857. The number of aliphatic carboxylic acids is 1. The first kappa shape index (κ1) is 31.3. The average Bonchev–Trinajstić information content (AvgIpc) is 2.51. The van der Waals surface area contributed by atoms with E-state index in [1.54, 1.807) is 62.3 Å². The second-order valence-electron chi connectivity index (χ2n) is 10.3. The van der Waals surface area contributed by atoms with Gasteiger partial charge in [0.1, 0.15) is 5.60 Å². The van der Waals surface area contributed by atoms with E-state index in [9.17, 15) is 18.9 Å². The summed E-state index contributed by atoms with van der Waals surface area (Å²) in [6.07, 6.45) is -1.000. The molecule has 0 saturated heterocycles. The van der Waals surface area contributed by atoms with Gasteiger partial charge in [-0.15, -0.1) is 0 Å². The summed E-state index contributed by atoms with van der Waals surface area (Å²) in [5.74, 6) is -1.53. The van der Waals surface area contributed by atoms with Gasteiger partial charge in [0.15, 0.2) is 0 Å². The summed E-state index contributed by atoms with van der Waals surface area (Å²) in [6, 6.07) is 0. The normalized spacial score (nSPS) is 12.9. The topological polar surface area (TPSA) is 138 Å². The molecule has 0 bridgehead atoms. The summed E-state index contributed by atoms with van der Waals surface area (Å²) in [4.78, 5) is 36.5. The van der Waals surface area contributed by atoms with Crippen molar-refractivity contribution in [3.8, 4) is 0 Å². The average molecular weight is 498 g/mol. The number of carbonyl (C=O) groups excluding carboxylic acids is 2. The third-order valence-electron chi connectivity index (χ3n) is 3.25. The van der Waals surface area contributed by atoms with Crippen LogP contribution in [0.25, 0.3) is 0 Å². The summed E-state index contributed by atoms with van der Waals surface area (Å²) < 4.78 is 39.3. The van der Waals surface area contributed by atoms with E-state index in [0.717, 1.165) is 4.90 Å². The van der Waals surface area contributed by atoms with Crippen molar-refractivity contribution in [3.05, 3.63) is 0 Å². The minimum absolute atomic E-state index is 0.0303. The Morgan fingerprint density at radius 2 is 1.33 bits per heavy atom. The number of nitrogens with zero attached hydrogens (tertiary/aromatic N) is 1. The lowest BCUT2D eigenvalue weighted by atomic mass is 10.2. The zero-order valence-electron chi connectivity index (χ0n) is 21.3. The third kappa shape index (κ3) is 17.5. The molecule has 0 aromatic heterocycles. The molecule has 1 amide bonds. The first-order valence-corrected chi connectivity index (χ1v) is 12.2. The van der Waals surface area contributed by atoms with Crippen LogP contribution < -0.4 is 0 Å². The maximum absolute atomic E-state index is 13.0. The zero-order chi connectivity index (χ0) is 26.1. The molecule has 0 radical (unpaired) electrons. The van der Waals surface area contributed by atoms with Gasteiger partial charge in [0, 0.05) is 19.5 Å². The Kier molecular flexibility index (Phi) is 12.0. The van der Waals surface area contributed by atoms with Crippen LogP contribution in [0.5, 0.6) is 0 Å². The lowest BCUT2D eigenvalue weighted by Crippen LogP contribution is -2.36. The molecule has 0 fully saturated rings. The maximum atomic E-state index is 13.0. The number of phosphoric acid groups is 1. The third-order valence-corrected chi connectivity index (χ3v) is 5.21. The highest BCUT2D eigenvalue weighted by Crippen LogP contribution is 2.55. The van der Waals surface area contributed by atoms with Crippen LogP contribution >= 0.6 is 7.82 Å². The molecule has 11 nitrogen and oxygen atoms in total. The Morgan fingerprint density at radius 1 is 0.818 bits per heavy atom. The Labute approximate surface area is 196 Å². The smallest absolute Gasteiger partial charge is 0.478 e. The number of hydrogen-bond acceptors (Lipinski definition) is 9. The molecule has 0 unspecified atom stereocenters. The van der Waals surface area contributed by atoms with Crippen molar-refractivity contribution in [1.29, 1.82) is 0 Å². The number of carboxylic acid groups (broad SMARTS) is 1. The van der Waals surface area contributed by atoms with Gasteiger partial charge in [-0.1, -0.05) is 0 Å². The van der Waals surface area contributed by atoms with Gasteiger partial charge in [0.2, 0.25) is 6.79 Å². The van der Waals surface area contributed by atoms with Gasteiger partial charge in [0.25, 0.3) is 0 Å². The van der Waals surface area contributed by atoms with Crippen molar-refractivity contribution in [2.75, 3.05) is 19.9 Å². The lowest BCUT2D eigenvalue weighted by molar-refractivity contribution is -0.155. The zero-order valence-corrected chi connectivity index (χ0v) is 22.2. The fourth-order valence-corrected chi connectivity index (χ4v) is 3.98. The summed E-state index contributed by atoms with van der Waals surface area (Å²) in [5, 5.41) is 8.84. The monoisotopic (exact) mass is 497 g/mol. The molecule has 0 aliphatic rings. The van der Waals surface area contributed by atoms with E-state index in [4.69, 9.17) is 28.2 Å². The largest absolute Gasteiger partial charge is 0.481 e. The number of hydrogen-bond donors (Lipinski definition) is 1. The molecule has 0 heterocycles. The van der Waals surface area contributed by atoms with E-state index in [0.29, 0.717) is 0 Å². The Hall–Kier alpha value is -1.68. The molecule has 33 heavy (non-hydrogen) atoms. The summed E-state index contributed by atoms with van der Waals surface area (Å²) >= 11 is 0. The molecule has 194 valence electrons. The van der Waals surface area contributed by atoms with Crippen molar-refractivity contribution in [2.24, 2.45) is 0 Å². The summed E-state index contributed by atoms with van der Waals surface area (Å²) in [7, 11) is -4.09. The molecule has 0 aliphatic carbocycles. The van der Waals surface area contributed by atoms with Crippen LogP contribution in [-0.2, 0) is 37.2 Å². The molecule has 0 rings (SSSR count). The van der Waals surface area contributed by atoms with Crippen LogP contribution in [0.2, 0.25) is 0 Å². The van der Waals surface area contributed by atoms with Crippen molar-refractivity contribution in [2.45, 2.75) is 98.4 Å². The van der Waals surface area contributed by atoms with Gasteiger partial charge >= 0.3 is 25.9 Å². The van der Waals surface area contributed by atoms with E-state index in [2.05, 4.69) is 0 Å². The molecule has 0 aliphatic heterocycles. The van der Waals surface area contributed by atoms with Gasteiger partial charge in [-0.3, -0.25) is 18.6 Å². The van der Waals surface area contributed by atoms with Crippen LogP contribution in [0.4, 0.5) is 4.79 Å². The van der Waals surface area contributed by atoms with E-state index < -0.39 is 49.5 Å². The number of esters is 1. The second kappa shape index (κ2) is 12.7. The Morgan fingerprint density at radius 3 is 1.76 bits per heavy atom. The van der Waals surface area contributed by atoms with Gasteiger partial charge in [0.05, 0.1) is 17.6 Å². The molecular formula is C21H40NO10P. The van der Waals surface area contributed by atoms with Crippen LogP contribution in [-0.4, -0.2) is 64.7 Å². The minimum atomic E-state index is -4.09. The second-order valence-corrected chi connectivity index (χ2v) is 11.9.